The van der Waals surface area contributed by atoms with Crippen LogP contribution in [0, 0.1) is 0 Å². The number of sulfonamides is 1. The van der Waals surface area contributed by atoms with Crippen molar-refractivity contribution in [1.82, 2.24) is 9.97 Å². The van der Waals surface area contributed by atoms with Crippen LogP contribution >= 0.6 is 11.6 Å². The van der Waals surface area contributed by atoms with Gasteiger partial charge in [-0.1, -0.05) is 41.9 Å². The highest BCUT2D eigenvalue weighted by Crippen LogP contribution is 2.27. The molecule has 1 heterocycles. The predicted molar refractivity (Wildman–Crippen MR) is 112 cm³/mol. The number of nitrogens with one attached hydrogen (secondary N) is 2. The third-order valence-corrected chi connectivity index (χ3v) is 5.57. The van der Waals surface area contributed by atoms with E-state index in [0.29, 0.717) is 21.9 Å². The Hall–Kier alpha value is -3.16. The summed E-state index contributed by atoms with van der Waals surface area (Å²) in [5.41, 5.74) is 1.99. The number of anilines is 3. The van der Waals surface area contributed by atoms with Crippen LogP contribution in [0.5, 0.6) is 0 Å². The molecule has 0 atom stereocenters. The zero-order valence-electron chi connectivity index (χ0n) is 14.5. The molecule has 140 valence electrons. The number of benzene rings is 3. The maximum Gasteiger partial charge on any atom is 0.263 e. The second kappa shape index (κ2) is 7.46. The summed E-state index contributed by atoms with van der Waals surface area (Å²) in [5, 5.41) is 3.58. The van der Waals surface area contributed by atoms with Gasteiger partial charge in [0.1, 0.15) is 0 Å². The third-order valence-electron chi connectivity index (χ3n) is 3.96. The van der Waals surface area contributed by atoms with Crippen LogP contribution in [0.2, 0.25) is 5.02 Å². The first kappa shape index (κ1) is 18.2. The number of halogens is 1. The van der Waals surface area contributed by atoms with Gasteiger partial charge in [-0.25, -0.2) is 18.4 Å². The van der Waals surface area contributed by atoms with Crippen LogP contribution in [0.1, 0.15) is 0 Å². The summed E-state index contributed by atoms with van der Waals surface area (Å²) in [4.78, 5) is 9.08. The Kier molecular flexibility index (Phi) is 4.85. The Labute approximate surface area is 167 Å². The van der Waals surface area contributed by atoms with Gasteiger partial charge in [0.25, 0.3) is 10.0 Å². The number of hydrogen-bond donors (Lipinski definition) is 2. The smallest absolute Gasteiger partial charge is 0.263 e. The molecule has 0 bridgehead atoms. The van der Waals surface area contributed by atoms with Crippen LogP contribution in [-0.2, 0) is 10.0 Å². The first-order valence-electron chi connectivity index (χ1n) is 8.38. The molecular formula is C20H15ClN4O2S. The van der Waals surface area contributed by atoms with E-state index in [1.165, 1.54) is 24.3 Å². The normalized spacial score (nSPS) is 11.3. The van der Waals surface area contributed by atoms with Crippen molar-refractivity contribution in [3.63, 3.8) is 0 Å². The minimum Gasteiger partial charge on any atom is -0.337 e. The topological polar surface area (TPSA) is 84.0 Å². The van der Waals surface area contributed by atoms with Gasteiger partial charge in [-0.2, -0.15) is 0 Å². The van der Waals surface area contributed by atoms with E-state index >= 15 is 0 Å². The molecule has 0 amide bonds. The summed E-state index contributed by atoms with van der Waals surface area (Å²) in [5.74, 6) is 0.417. The third kappa shape index (κ3) is 3.90. The zero-order chi connectivity index (χ0) is 19.6. The molecule has 6 nitrogen and oxygen atoms in total. The molecule has 0 aliphatic rings. The van der Waals surface area contributed by atoms with Crippen LogP contribution in [-0.4, -0.2) is 18.4 Å². The Balaban J connectivity index is 1.77. The van der Waals surface area contributed by atoms with Gasteiger partial charge in [0.15, 0.2) is 11.6 Å². The van der Waals surface area contributed by atoms with Gasteiger partial charge in [-0.05, 0) is 48.5 Å². The monoisotopic (exact) mass is 410 g/mol. The van der Waals surface area contributed by atoms with Crippen molar-refractivity contribution in [2.45, 2.75) is 4.90 Å². The summed E-state index contributed by atoms with van der Waals surface area (Å²) in [6, 6.07) is 22.5. The Morgan fingerprint density at radius 1 is 0.714 bits per heavy atom. The molecule has 0 aliphatic carbocycles. The second-order valence-corrected chi connectivity index (χ2v) is 8.08. The van der Waals surface area contributed by atoms with E-state index in [1.807, 2.05) is 48.5 Å². The van der Waals surface area contributed by atoms with Gasteiger partial charge in [0.2, 0.25) is 0 Å². The minimum absolute atomic E-state index is 0.0810. The van der Waals surface area contributed by atoms with Crippen LogP contribution in [0.3, 0.4) is 0 Å². The summed E-state index contributed by atoms with van der Waals surface area (Å²) < 4.78 is 28.1. The lowest BCUT2D eigenvalue weighted by atomic mass is 10.3. The van der Waals surface area contributed by atoms with Crippen LogP contribution in [0.4, 0.5) is 17.3 Å². The average Bonchev–Trinajstić information content (AvgIpc) is 2.69. The fourth-order valence-corrected chi connectivity index (χ4v) is 3.75. The van der Waals surface area contributed by atoms with Gasteiger partial charge in [-0.15, -0.1) is 0 Å². The lowest BCUT2D eigenvalue weighted by molar-refractivity contribution is 0.601. The molecule has 0 unspecified atom stereocenters. The van der Waals surface area contributed by atoms with Gasteiger partial charge in [0, 0.05) is 10.7 Å². The fraction of sp³-hybridized carbons (Fsp3) is 0. The Bertz CT molecular complexity index is 1230. The van der Waals surface area contributed by atoms with Gasteiger partial charge in [0.05, 0.1) is 15.9 Å². The lowest BCUT2D eigenvalue weighted by Gasteiger charge is -2.14. The number of fused-ring (bicyclic) bond motifs is 1. The molecule has 28 heavy (non-hydrogen) atoms. The SMILES string of the molecule is O=S(=O)(Nc1nc2ccccc2nc1Nc1ccccc1)c1ccc(Cl)cc1. The van der Waals surface area contributed by atoms with Gasteiger partial charge < -0.3 is 5.32 Å². The fourth-order valence-electron chi connectivity index (χ4n) is 2.62. The van der Waals surface area contributed by atoms with Crippen molar-refractivity contribution in [2.24, 2.45) is 0 Å². The van der Waals surface area contributed by atoms with Gasteiger partial charge >= 0.3 is 0 Å². The summed E-state index contributed by atoms with van der Waals surface area (Å²) in [6.45, 7) is 0. The van der Waals surface area contributed by atoms with Crippen molar-refractivity contribution >= 4 is 50.0 Å². The molecular weight excluding hydrogens is 396 g/mol. The van der Waals surface area contributed by atoms with E-state index in [9.17, 15) is 8.42 Å². The largest absolute Gasteiger partial charge is 0.337 e. The van der Waals surface area contributed by atoms with Crippen molar-refractivity contribution in [3.8, 4) is 0 Å². The summed E-state index contributed by atoms with van der Waals surface area (Å²) in [7, 11) is -3.86. The maximum absolute atomic E-state index is 12.8. The molecule has 4 aromatic rings. The van der Waals surface area contributed by atoms with Crippen molar-refractivity contribution in [2.75, 3.05) is 10.0 Å². The maximum atomic E-state index is 12.8. The van der Waals surface area contributed by atoms with Gasteiger partial charge in [-0.3, -0.25) is 4.72 Å². The van der Waals surface area contributed by atoms with E-state index in [0.717, 1.165) is 5.69 Å². The molecule has 0 saturated heterocycles. The molecule has 0 saturated carbocycles. The summed E-state index contributed by atoms with van der Waals surface area (Å²) >= 11 is 5.86. The van der Waals surface area contributed by atoms with E-state index < -0.39 is 10.0 Å². The number of rotatable bonds is 5. The quantitative estimate of drug-likeness (QED) is 0.492. The molecule has 0 radical (unpaired) electrons. The first-order chi connectivity index (χ1) is 13.5. The molecule has 8 heteroatoms. The summed E-state index contributed by atoms with van der Waals surface area (Å²) in [6.07, 6.45) is 0. The Morgan fingerprint density at radius 2 is 1.29 bits per heavy atom. The zero-order valence-corrected chi connectivity index (χ0v) is 16.1. The van der Waals surface area contributed by atoms with Crippen molar-refractivity contribution in [1.29, 1.82) is 0 Å². The van der Waals surface area contributed by atoms with Crippen molar-refractivity contribution < 1.29 is 8.42 Å². The molecule has 2 N–H and O–H groups in total. The van der Waals surface area contributed by atoms with E-state index in [1.54, 1.807) is 6.07 Å². The first-order valence-corrected chi connectivity index (χ1v) is 10.2. The molecule has 0 spiro atoms. The molecule has 1 aromatic heterocycles. The number of para-hydroxylation sites is 3. The minimum atomic E-state index is -3.86. The number of nitrogens with zero attached hydrogens (tertiary/aromatic N) is 2. The van der Waals surface area contributed by atoms with E-state index in [2.05, 4.69) is 20.0 Å². The van der Waals surface area contributed by atoms with E-state index in [4.69, 9.17) is 11.6 Å². The second-order valence-electron chi connectivity index (χ2n) is 5.96. The van der Waals surface area contributed by atoms with Crippen molar-refractivity contribution in [3.05, 3.63) is 83.9 Å². The molecule has 4 rings (SSSR count). The number of aromatic nitrogens is 2. The molecule has 3 aromatic carbocycles. The molecule has 0 fully saturated rings. The highest BCUT2D eigenvalue weighted by Gasteiger charge is 2.19. The number of hydrogen-bond acceptors (Lipinski definition) is 5. The standard InChI is InChI=1S/C20H15ClN4O2S/c21-14-10-12-16(13-11-14)28(26,27)25-20-19(22-15-6-2-1-3-7-15)23-17-8-4-5-9-18(17)24-20/h1-13H,(H,22,23)(H,24,25). The predicted octanol–water partition coefficient (Wildman–Crippen LogP) is 4.83. The van der Waals surface area contributed by atoms with Crippen LogP contribution < -0.4 is 10.0 Å². The average molecular weight is 411 g/mol. The Morgan fingerprint density at radius 3 is 1.93 bits per heavy atom. The van der Waals surface area contributed by atoms with Crippen LogP contribution in [0.15, 0.2) is 83.8 Å². The lowest BCUT2D eigenvalue weighted by Crippen LogP contribution is -2.16. The highest BCUT2D eigenvalue weighted by atomic mass is 35.5. The van der Waals surface area contributed by atoms with Crippen LogP contribution in [0.25, 0.3) is 11.0 Å². The molecule has 0 aliphatic heterocycles. The highest BCUT2D eigenvalue weighted by molar-refractivity contribution is 7.92. The van der Waals surface area contributed by atoms with E-state index in [-0.39, 0.29) is 10.7 Å².